The van der Waals surface area contributed by atoms with Gasteiger partial charge in [0.1, 0.15) is 5.75 Å². The summed E-state index contributed by atoms with van der Waals surface area (Å²) in [7, 11) is 0. The number of phenols is 1. The summed E-state index contributed by atoms with van der Waals surface area (Å²) in [4.78, 5) is 0. The third kappa shape index (κ3) is 2.04. The fourth-order valence-corrected chi connectivity index (χ4v) is 2.75. The quantitative estimate of drug-likeness (QED) is 0.849. The van der Waals surface area contributed by atoms with Crippen molar-refractivity contribution >= 4 is 17.3 Å². The minimum absolute atomic E-state index is 0.255. The van der Waals surface area contributed by atoms with Gasteiger partial charge in [0.25, 0.3) is 0 Å². The standard InChI is InChI=1S/C15H14ClNO/c16-10-3-1-4-11(9-10)17-14-8-7-13-12(14)5-2-6-15(13)18/h1-6,9,14,17-18H,7-8H2. The van der Waals surface area contributed by atoms with Crippen LogP contribution in [0, 0.1) is 0 Å². The fourth-order valence-electron chi connectivity index (χ4n) is 2.56. The molecule has 0 bridgehead atoms. The maximum absolute atomic E-state index is 9.81. The molecule has 2 nitrogen and oxygen atoms in total. The summed E-state index contributed by atoms with van der Waals surface area (Å²) in [5, 5.41) is 14.0. The third-order valence-corrected chi connectivity index (χ3v) is 3.65. The molecule has 1 aliphatic rings. The maximum Gasteiger partial charge on any atom is 0.119 e. The number of phenolic OH excluding ortho intramolecular Hbond substituents is 1. The lowest BCUT2D eigenvalue weighted by Gasteiger charge is -2.15. The van der Waals surface area contributed by atoms with Crippen molar-refractivity contribution in [1.29, 1.82) is 0 Å². The number of hydrogen-bond acceptors (Lipinski definition) is 2. The summed E-state index contributed by atoms with van der Waals surface area (Å²) in [5.41, 5.74) is 3.27. The van der Waals surface area contributed by atoms with Crippen molar-refractivity contribution in [3.8, 4) is 5.75 Å². The van der Waals surface area contributed by atoms with Gasteiger partial charge in [0.05, 0.1) is 6.04 Å². The Hall–Kier alpha value is -1.67. The number of rotatable bonds is 2. The van der Waals surface area contributed by atoms with Gasteiger partial charge in [-0.2, -0.15) is 0 Å². The average Bonchev–Trinajstić information content (AvgIpc) is 2.74. The zero-order valence-electron chi connectivity index (χ0n) is 9.86. The van der Waals surface area contributed by atoms with Crippen LogP contribution < -0.4 is 5.32 Å². The van der Waals surface area contributed by atoms with Crippen LogP contribution in [0.4, 0.5) is 5.69 Å². The summed E-state index contributed by atoms with van der Waals surface area (Å²) in [6.45, 7) is 0. The monoisotopic (exact) mass is 259 g/mol. The predicted molar refractivity (Wildman–Crippen MR) is 74.2 cm³/mol. The number of hydrogen-bond donors (Lipinski definition) is 2. The summed E-state index contributed by atoms with van der Waals surface area (Å²) in [5.74, 6) is 0.405. The molecule has 0 saturated carbocycles. The third-order valence-electron chi connectivity index (χ3n) is 3.41. The second-order valence-electron chi connectivity index (χ2n) is 4.59. The maximum atomic E-state index is 9.81. The van der Waals surface area contributed by atoms with Crippen LogP contribution in [0.15, 0.2) is 42.5 Å². The Morgan fingerprint density at radius 1 is 1.17 bits per heavy atom. The topological polar surface area (TPSA) is 32.3 Å². The van der Waals surface area contributed by atoms with Gasteiger partial charge in [-0.05, 0) is 48.2 Å². The van der Waals surface area contributed by atoms with E-state index in [2.05, 4.69) is 11.4 Å². The van der Waals surface area contributed by atoms with Crippen LogP contribution in [-0.4, -0.2) is 5.11 Å². The normalized spacial score (nSPS) is 17.5. The van der Waals surface area contributed by atoms with Crippen molar-refractivity contribution in [1.82, 2.24) is 0 Å². The molecule has 0 spiro atoms. The lowest BCUT2D eigenvalue weighted by molar-refractivity contribution is 0.469. The highest BCUT2D eigenvalue weighted by Crippen LogP contribution is 2.38. The van der Waals surface area contributed by atoms with Crippen LogP contribution in [-0.2, 0) is 6.42 Å². The van der Waals surface area contributed by atoms with Crippen LogP contribution >= 0.6 is 11.6 Å². The van der Waals surface area contributed by atoms with E-state index in [1.165, 1.54) is 5.56 Å². The largest absolute Gasteiger partial charge is 0.508 e. The van der Waals surface area contributed by atoms with Gasteiger partial charge < -0.3 is 10.4 Å². The lowest BCUT2D eigenvalue weighted by Crippen LogP contribution is -2.06. The van der Waals surface area contributed by atoms with Crippen molar-refractivity contribution in [3.05, 3.63) is 58.6 Å². The predicted octanol–water partition coefficient (Wildman–Crippen LogP) is 4.15. The van der Waals surface area contributed by atoms with Crippen LogP contribution in [0.3, 0.4) is 0 Å². The van der Waals surface area contributed by atoms with E-state index in [0.717, 1.165) is 29.1 Å². The molecular weight excluding hydrogens is 246 g/mol. The van der Waals surface area contributed by atoms with E-state index in [4.69, 9.17) is 11.6 Å². The molecule has 0 amide bonds. The Bertz CT molecular complexity index is 582. The van der Waals surface area contributed by atoms with E-state index >= 15 is 0 Å². The van der Waals surface area contributed by atoms with Crippen molar-refractivity contribution in [3.63, 3.8) is 0 Å². The molecule has 0 saturated heterocycles. The van der Waals surface area contributed by atoms with Crippen molar-refractivity contribution < 1.29 is 5.11 Å². The van der Waals surface area contributed by atoms with Gasteiger partial charge in [-0.15, -0.1) is 0 Å². The molecule has 0 radical (unpaired) electrons. The molecule has 1 unspecified atom stereocenters. The molecule has 0 fully saturated rings. The molecule has 3 rings (SSSR count). The van der Waals surface area contributed by atoms with Crippen LogP contribution in [0.2, 0.25) is 5.02 Å². The van der Waals surface area contributed by atoms with Gasteiger partial charge in [0.2, 0.25) is 0 Å². The fraction of sp³-hybridized carbons (Fsp3) is 0.200. The second-order valence-corrected chi connectivity index (χ2v) is 5.03. The van der Waals surface area contributed by atoms with Gasteiger partial charge in [-0.3, -0.25) is 0 Å². The summed E-state index contributed by atoms with van der Waals surface area (Å²) in [6, 6.07) is 13.7. The molecule has 0 aromatic heterocycles. The van der Waals surface area contributed by atoms with Gasteiger partial charge in [0.15, 0.2) is 0 Å². The number of aromatic hydroxyl groups is 1. The average molecular weight is 260 g/mol. The second kappa shape index (κ2) is 4.54. The molecule has 1 atom stereocenters. The van der Waals surface area contributed by atoms with Gasteiger partial charge >= 0.3 is 0 Å². The summed E-state index contributed by atoms with van der Waals surface area (Å²) < 4.78 is 0. The molecule has 2 N–H and O–H groups in total. The van der Waals surface area contributed by atoms with Gasteiger partial charge in [-0.1, -0.05) is 29.8 Å². The number of fused-ring (bicyclic) bond motifs is 1. The van der Waals surface area contributed by atoms with Crippen molar-refractivity contribution in [2.45, 2.75) is 18.9 Å². The summed E-state index contributed by atoms with van der Waals surface area (Å²) in [6.07, 6.45) is 1.92. The Labute approximate surface area is 111 Å². The highest BCUT2D eigenvalue weighted by atomic mass is 35.5. The van der Waals surface area contributed by atoms with E-state index < -0.39 is 0 Å². The first-order valence-corrected chi connectivity index (χ1v) is 6.45. The zero-order chi connectivity index (χ0) is 12.5. The van der Waals surface area contributed by atoms with E-state index in [9.17, 15) is 5.11 Å². The van der Waals surface area contributed by atoms with Crippen molar-refractivity contribution in [2.24, 2.45) is 0 Å². The van der Waals surface area contributed by atoms with E-state index in [0.29, 0.717) is 5.75 Å². The van der Waals surface area contributed by atoms with Crippen molar-refractivity contribution in [2.75, 3.05) is 5.32 Å². The zero-order valence-corrected chi connectivity index (χ0v) is 10.6. The first-order valence-electron chi connectivity index (χ1n) is 6.07. The molecule has 18 heavy (non-hydrogen) atoms. The minimum Gasteiger partial charge on any atom is -0.508 e. The molecule has 0 aliphatic heterocycles. The Balaban J connectivity index is 1.87. The molecule has 1 aliphatic carbocycles. The van der Waals surface area contributed by atoms with E-state index in [-0.39, 0.29) is 6.04 Å². The smallest absolute Gasteiger partial charge is 0.119 e. The Morgan fingerprint density at radius 3 is 2.83 bits per heavy atom. The number of anilines is 1. The Kier molecular flexibility index (Phi) is 2.88. The summed E-state index contributed by atoms with van der Waals surface area (Å²) >= 11 is 5.98. The molecular formula is C15H14ClNO. The number of benzene rings is 2. The number of nitrogens with one attached hydrogen (secondary N) is 1. The first kappa shape index (κ1) is 11.4. The number of halogens is 1. The van der Waals surface area contributed by atoms with Gasteiger partial charge in [0, 0.05) is 10.7 Å². The minimum atomic E-state index is 0.255. The van der Waals surface area contributed by atoms with Gasteiger partial charge in [-0.25, -0.2) is 0 Å². The van der Waals surface area contributed by atoms with Crippen LogP contribution in [0.1, 0.15) is 23.6 Å². The lowest BCUT2D eigenvalue weighted by atomic mass is 10.1. The Morgan fingerprint density at radius 2 is 2.00 bits per heavy atom. The molecule has 2 aromatic carbocycles. The SMILES string of the molecule is Oc1cccc2c1CCC2Nc1cccc(Cl)c1. The molecule has 0 heterocycles. The highest BCUT2D eigenvalue weighted by Gasteiger charge is 2.24. The first-order chi connectivity index (χ1) is 8.74. The van der Waals surface area contributed by atoms with Crippen LogP contribution in [0.5, 0.6) is 5.75 Å². The van der Waals surface area contributed by atoms with E-state index in [1.54, 1.807) is 6.07 Å². The highest BCUT2D eigenvalue weighted by molar-refractivity contribution is 6.30. The molecule has 3 heteroatoms. The van der Waals surface area contributed by atoms with Crippen LogP contribution in [0.25, 0.3) is 0 Å². The van der Waals surface area contributed by atoms with E-state index in [1.807, 2.05) is 30.3 Å². The molecule has 2 aromatic rings. The molecule has 92 valence electrons.